The Bertz CT molecular complexity index is 542. The maximum atomic E-state index is 11.4. The Morgan fingerprint density at radius 1 is 1.30 bits per heavy atom. The first-order valence-corrected chi connectivity index (χ1v) is 8.19. The predicted molar refractivity (Wildman–Crippen MR) is 80.8 cm³/mol. The van der Waals surface area contributed by atoms with Crippen molar-refractivity contribution in [2.75, 3.05) is 17.6 Å². The first-order chi connectivity index (χ1) is 9.31. The molecule has 0 aromatic heterocycles. The number of aliphatic hydroxyl groups excluding tert-OH is 1. The number of anilines is 2. The monoisotopic (exact) mass is 301 g/mol. The van der Waals surface area contributed by atoms with Gasteiger partial charge in [-0.3, -0.25) is 0 Å². The normalized spacial score (nSPS) is 13.4. The fourth-order valence-corrected chi connectivity index (χ4v) is 2.85. The maximum Gasteiger partial charge on any atom is 0.240 e. The topological polar surface area (TPSA) is 118 Å². The molecule has 0 saturated carbocycles. The number of aliphatic hydroxyl groups is 1. The molecule has 6 N–H and O–H groups in total. The van der Waals surface area contributed by atoms with Crippen LogP contribution in [0.1, 0.15) is 26.7 Å². The van der Waals surface area contributed by atoms with Crippen LogP contribution in [0.5, 0.6) is 0 Å². The summed E-state index contributed by atoms with van der Waals surface area (Å²) in [6, 6.07) is 4.57. The van der Waals surface area contributed by atoms with Gasteiger partial charge in [0, 0.05) is 6.54 Å². The van der Waals surface area contributed by atoms with Gasteiger partial charge in [-0.1, -0.05) is 32.8 Å². The van der Waals surface area contributed by atoms with Crippen molar-refractivity contribution in [3.63, 3.8) is 0 Å². The number of hydrogen-bond acceptors (Lipinski definition) is 5. The van der Waals surface area contributed by atoms with Gasteiger partial charge in [-0.25, -0.2) is 13.6 Å². The van der Waals surface area contributed by atoms with E-state index in [0.29, 0.717) is 12.2 Å². The average Bonchev–Trinajstić information content (AvgIpc) is 2.37. The number of sulfonamides is 1. The minimum atomic E-state index is -3.85. The third-order valence-electron chi connectivity index (χ3n) is 3.47. The third kappa shape index (κ3) is 4.09. The minimum absolute atomic E-state index is 0.0757. The van der Waals surface area contributed by atoms with Crippen molar-refractivity contribution in [3.05, 3.63) is 18.2 Å². The zero-order chi connectivity index (χ0) is 15.3. The Balaban J connectivity index is 2.85. The molecule has 7 heteroatoms. The van der Waals surface area contributed by atoms with Crippen molar-refractivity contribution in [2.24, 2.45) is 11.1 Å². The summed E-state index contributed by atoms with van der Waals surface area (Å²) in [6.45, 7) is 4.35. The van der Waals surface area contributed by atoms with Gasteiger partial charge in [0.1, 0.15) is 4.90 Å². The van der Waals surface area contributed by atoms with E-state index < -0.39 is 16.1 Å². The van der Waals surface area contributed by atoms with Gasteiger partial charge in [-0.05, 0) is 18.1 Å². The summed E-state index contributed by atoms with van der Waals surface area (Å²) in [5, 5.41) is 18.1. The van der Waals surface area contributed by atoms with E-state index in [0.717, 1.165) is 12.8 Å². The molecule has 1 atom stereocenters. The molecule has 114 valence electrons. The second-order valence-electron chi connectivity index (χ2n) is 4.79. The lowest BCUT2D eigenvalue weighted by Crippen LogP contribution is -2.28. The Morgan fingerprint density at radius 2 is 1.90 bits per heavy atom. The lowest BCUT2D eigenvalue weighted by molar-refractivity contribution is 0.114. The summed E-state index contributed by atoms with van der Waals surface area (Å²) in [7, 11) is -3.85. The van der Waals surface area contributed by atoms with Crippen molar-refractivity contribution < 1.29 is 13.5 Å². The third-order valence-corrected chi connectivity index (χ3v) is 4.44. The molecule has 0 fully saturated rings. The van der Waals surface area contributed by atoms with E-state index in [1.165, 1.54) is 6.07 Å². The molecule has 0 saturated heterocycles. The van der Waals surface area contributed by atoms with Gasteiger partial charge in [0.2, 0.25) is 10.0 Å². The van der Waals surface area contributed by atoms with Crippen LogP contribution in [-0.4, -0.2) is 26.2 Å². The largest absolute Gasteiger partial charge is 0.396 e. The van der Waals surface area contributed by atoms with Crippen LogP contribution >= 0.6 is 0 Å². The number of nitrogens with one attached hydrogen (secondary N) is 1. The van der Waals surface area contributed by atoms with E-state index in [1.54, 1.807) is 12.1 Å². The molecule has 0 bridgehead atoms. The van der Waals surface area contributed by atoms with E-state index in [9.17, 15) is 13.5 Å². The van der Waals surface area contributed by atoms with Crippen LogP contribution in [0.15, 0.2) is 23.1 Å². The van der Waals surface area contributed by atoms with Crippen molar-refractivity contribution in [1.29, 1.82) is 0 Å². The van der Waals surface area contributed by atoms with Gasteiger partial charge in [-0.15, -0.1) is 0 Å². The lowest BCUT2D eigenvalue weighted by Gasteiger charge is -2.21. The number of para-hydroxylation sites is 1. The molecular weight excluding hydrogens is 278 g/mol. The van der Waals surface area contributed by atoms with Crippen LogP contribution in [0.25, 0.3) is 0 Å². The van der Waals surface area contributed by atoms with Crippen molar-refractivity contribution >= 4 is 21.4 Å². The summed E-state index contributed by atoms with van der Waals surface area (Å²) >= 11 is 0. The van der Waals surface area contributed by atoms with Gasteiger partial charge in [0.05, 0.1) is 17.5 Å². The van der Waals surface area contributed by atoms with E-state index in [1.807, 2.05) is 13.8 Å². The molecule has 1 unspecified atom stereocenters. The van der Waals surface area contributed by atoms with Crippen LogP contribution in [0.3, 0.4) is 0 Å². The number of hydrogen-bond donors (Lipinski definition) is 4. The molecule has 20 heavy (non-hydrogen) atoms. The fraction of sp³-hybridized carbons (Fsp3) is 0.538. The average molecular weight is 301 g/mol. The highest BCUT2D eigenvalue weighted by Gasteiger charge is 2.17. The van der Waals surface area contributed by atoms with E-state index in [4.69, 9.17) is 10.9 Å². The SMILES string of the molecule is CCC(CC)C(O)CNc1cccc(S(N)(=O)=O)c1N. The second kappa shape index (κ2) is 6.92. The number of rotatable bonds is 7. The Morgan fingerprint density at radius 3 is 2.40 bits per heavy atom. The number of nitrogens with two attached hydrogens (primary N) is 2. The molecule has 0 aliphatic heterocycles. The number of nitrogen functional groups attached to an aromatic ring is 1. The van der Waals surface area contributed by atoms with Crippen LogP contribution in [0.4, 0.5) is 11.4 Å². The predicted octanol–water partition coefficient (Wildman–Crippen LogP) is 1.13. The van der Waals surface area contributed by atoms with E-state index in [-0.39, 0.29) is 16.5 Å². The maximum absolute atomic E-state index is 11.4. The molecular formula is C13H23N3O3S. The first-order valence-electron chi connectivity index (χ1n) is 6.64. The molecule has 0 aliphatic rings. The second-order valence-corrected chi connectivity index (χ2v) is 6.32. The Hall–Kier alpha value is -1.31. The van der Waals surface area contributed by atoms with Gasteiger partial charge in [0.15, 0.2) is 0 Å². The highest BCUT2D eigenvalue weighted by atomic mass is 32.2. The van der Waals surface area contributed by atoms with Crippen molar-refractivity contribution in [3.8, 4) is 0 Å². The standard InChI is InChI=1S/C13H23N3O3S/c1-3-9(4-2)11(17)8-16-10-6-5-7-12(13(10)14)20(15,18)19/h5-7,9,11,16-17H,3-4,8,14H2,1-2H3,(H2,15,18,19). The number of benzene rings is 1. The lowest BCUT2D eigenvalue weighted by atomic mass is 9.96. The molecule has 0 heterocycles. The molecule has 0 radical (unpaired) electrons. The molecule has 1 aromatic rings. The van der Waals surface area contributed by atoms with Gasteiger partial charge in [0.25, 0.3) is 0 Å². The van der Waals surface area contributed by atoms with Crippen LogP contribution in [0, 0.1) is 5.92 Å². The molecule has 1 aromatic carbocycles. The summed E-state index contributed by atoms with van der Waals surface area (Å²) in [5.41, 5.74) is 6.33. The van der Waals surface area contributed by atoms with Crippen LogP contribution < -0.4 is 16.2 Å². The summed E-state index contributed by atoms with van der Waals surface area (Å²) in [4.78, 5) is -0.112. The molecule has 6 nitrogen and oxygen atoms in total. The molecule has 0 aliphatic carbocycles. The summed E-state index contributed by atoms with van der Waals surface area (Å²) < 4.78 is 22.7. The summed E-state index contributed by atoms with van der Waals surface area (Å²) in [6.07, 6.45) is 1.25. The quantitative estimate of drug-likeness (QED) is 0.563. The molecule has 0 amide bonds. The molecule has 0 spiro atoms. The van der Waals surface area contributed by atoms with Crippen LogP contribution in [-0.2, 0) is 10.0 Å². The van der Waals surface area contributed by atoms with Gasteiger partial charge < -0.3 is 16.2 Å². The van der Waals surface area contributed by atoms with Crippen molar-refractivity contribution in [2.45, 2.75) is 37.7 Å². The molecule has 1 rings (SSSR count). The van der Waals surface area contributed by atoms with Crippen LogP contribution in [0.2, 0.25) is 0 Å². The first kappa shape index (κ1) is 16.7. The zero-order valence-corrected chi connectivity index (χ0v) is 12.7. The van der Waals surface area contributed by atoms with Gasteiger partial charge >= 0.3 is 0 Å². The van der Waals surface area contributed by atoms with E-state index in [2.05, 4.69) is 5.32 Å². The Labute approximate surface area is 120 Å². The van der Waals surface area contributed by atoms with E-state index >= 15 is 0 Å². The van der Waals surface area contributed by atoms with Gasteiger partial charge in [-0.2, -0.15) is 0 Å². The summed E-state index contributed by atoms with van der Waals surface area (Å²) in [5.74, 6) is 0.199. The Kier molecular flexibility index (Phi) is 5.79. The zero-order valence-electron chi connectivity index (χ0n) is 11.8. The minimum Gasteiger partial charge on any atom is -0.396 e. The van der Waals surface area contributed by atoms with Crippen molar-refractivity contribution in [1.82, 2.24) is 0 Å². The highest BCUT2D eigenvalue weighted by Crippen LogP contribution is 2.26. The fourth-order valence-electron chi connectivity index (χ4n) is 2.16. The smallest absolute Gasteiger partial charge is 0.240 e. The highest BCUT2D eigenvalue weighted by molar-refractivity contribution is 7.89. The number of primary sulfonamides is 1.